The second-order valence-corrected chi connectivity index (χ2v) is 6.56. The molecule has 2 aliphatic carbocycles. The third-order valence-corrected chi connectivity index (χ3v) is 4.82. The van der Waals surface area contributed by atoms with Gasteiger partial charge in [0.1, 0.15) is 0 Å². The van der Waals surface area contributed by atoms with E-state index in [4.69, 9.17) is 0 Å². The summed E-state index contributed by atoms with van der Waals surface area (Å²) < 4.78 is 0. The van der Waals surface area contributed by atoms with Gasteiger partial charge in [0.15, 0.2) is 0 Å². The molecule has 0 saturated heterocycles. The molecular weight excluding hydrogens is 292 g/mol. The van der Waals surface area contributed by atoms with Crippen molar-refractivity contribution in [2.24, 2.45) is 0 Å². The van der Waals surface area contributed by atoms with E-state index >= 15 is 0 Å². The van der Waals surface area contributed by atoms with Crippen LogP contribution in [-0.2, 0) is 16.0 Å². The second-order valence-electron chi connectivity index (χ2n) is 6.56. The van der Waals surface area contributed by atoms with E-state index in [-0.39, 0.29) is 36.7 Å². The summed E-state index contributed by atoms with van der Waals surface area (Å²) in [5, 5.41) is 16.0. The van der Waals surface area contributed by atoms with Crippen LogP contribution in [0.1, 0.15) is 55.7 Å². The summed E-state index contributed by atoms with van der Waals surface area (Å²) in [6.07, 6.45) is 4.75. The molecule has 3 rings (SSSR count). The molecule has 2 atom stereocenters. The maximum absolute atomic E-state index is 12.1. The van der Waals surface area contributed by atoms with Crippen molar-refractivity contribution in [3.05, 3.63) is 35.4 Å². The molecule has 23 heavy (non-hydrogen) atoms. The highest BCUT2D eigenvalue weighted by atomic mass is 16.3. The van der Waals surface area contributed by atoms with Crippen LogP contribution >= 0.6 is 0 Å². The molecule has 1 aromatic rings. The topological polar surface area (TPSA) is 78.4 Å². The summed E-state index contributed by atoms with van der Waals surface area (Å²) in [4.78, 5) is 24.0. The summed E-state index contributed by atoms with van der Waals surface area (Å²) in [6.45, 7) is 0. The first-order valence-corrected chi connectivity index (χ1v) is 8.48. The van der Waals surface area contributed by atoms with Gasteiger partial charge in [-0.25, -0.2) is 0 Å². The fourth-order valence-electron chi connectivity index (χ4n) is 3.59. The normalized spacial score (nSPS) is 23.5. The number of rotatable bonds is 5. The van der Waals surface area contributed by atoms with Gasteiger partial charge in [0.25, 0.3) is 0 Å². The minimum Gasteiger partial charge on any atom is -0.390 e. The molecule has 5 nitrogen and oxygen atoms in total. The largest absolute Gasteiger partial charge is 0.390 e. The minimum absolute atomic E-state index is 0.0561. The van der Waals surface area contributed by atoms with E-state index in [1.807, 2.05) is 24.3 Å². The van der Waals surface area contributed by atoms with Crippen molar-refractivity contribution < 1.29 is 14.7 Å². The number of aliphatic hydroxyl groups excluding tert-OH is 1. The smallest absolute Gasteiger partial charge is 0.221 e. The summed E-state index contributed by atoms with van der Waals surface area (Å²) >= 11 is 0. The van der Waals surface area contributed by atoms with Crippen molar-refractivity contribution in [3.8, 4) is 0 Å². The maximum Gasteiger partial charge on any atom is 0.221 e. The lowest BCUT2D eigenvalue weighted by Gasteiger charge is -2.18. The van der Waals surface area contributed by atoms with Crippen LogP contribution in [0.15, 0.2) is 24.3 Å². The minimum atomic E-state index is -0.594. The SMILES string of the molecule is O=C(CCC(=O)NC1c2ccccc2CC1O)NC1CCCC1. The molecule has 0 heterocycles. The molecule has 0 aliphatic heterocycles. The number of nitrogens with one attached hydrogen (secondary N) is 2. The molecule has 2 amide bonds. The number of hydrogen-bond acceptors (Lipinski definition) is 3. The van der Waals surface area contributed by atoms with Crippen molar-refractivity contribution in [1.29, 1.82) is 0 Å². The van der Waals surface area contributed by atoms with E-state index in [0.717, 1.165) is 24.0 Å². The van der Waals surface area contributed by atoms with Crippen LogP contribution < -0.4 is 10.6 Å². The van der Waals surface area contributed by atoms with Crippen molar-refractivity contribution in [2.45, 2.75) is 63.1 Å². The zero-order chi connectivity index (χ0) is 16.2. The van der Waals surface area contributed by atoms with Gasteiger partial charge < -0.3 is 15.7 Å². The Morgan fingerprint density at radius 2 is 1.70 bits per heavy atom. The maximum atomic E-state index is 12.1. The molecule has 2 aliphatic rings. The lowest BCUT2D eigenvalue weighted by Crippen LogP contribution is -2.36. The lowest BCUT2D eigenvalue weighted by atomic mass is 10.1. The molecule has 1 saturated carbocycles. The van der Waals surface area contributed by atoms with Crippen LogP contribution in [0.3, 0.4) is 0 Å². The van der Waals surface area contributed by atoms with Gasteiger partial charge in [-0.15, -0.1) is 0 Å². The molecule has 0 radical (unpaired) electrons. The van der Waals surface area contributed by atoms with Gasteiger partial charge in [-0.1, -0.05) is 37.1 Å². The predicted octanol–water partition coefficient (Wildman–Crippen LogP) is 1.60. The Labute approximate surface area is 136 Å². The molecule has 2 unspecified atom stereocenters. The van der Waals surface area contributed by atoms with E-state index in [1.54, 1.807) is 0 Å². The van der Waals surface area contributed by atoms with E-state index in [0.29, 0.717) is 6.42 Å². The van der Waals surface area contributed by atoms with Gasteiger partial charge in [-0.05, 0) is 24.0 Å². The molecule has 5 heteroatoms. The van der Waals surface area contributed by atoms with Crippen LogP contribution in [0.5, 0.6) is 0 Å². The van der Waals surface area contributed by atoms with Crippen LogP contribution in [0.25, 0.3) is 0 Å². The lowest BCUT2D eigenvalue weighted by molar-refractivity contribution is -0.127. The predicted molar refractivity (Wildman–Crippen MR) is 86.7 cm³/mol. The Morgan fingerprint density at radius 1 is 1.04 bits per heavy atom. The van der Waals surface area contributed by atoms with Crippen LogP contribution in [-0.4, -0.2) is 29.1 Å². The number of fused-ring (bicyclic) bond motifs is 1. The molecule has 1 aromatic carbocycles. The number of hydrogen-bond donors (Lipinski definition) is 3. The van der Waals surface area contributed by atoms with Crippen molar-refractivity contribution in [2.75, 3.05) is 0 Å². The highest BCUT2D eigenvalue weighted by molar-refractivity contribution is 5.84. The molecule has 0 bridgehead atoms. The number of aliphatic hydroxyl groups is 1. The number of carbonyl (C=O) groups is 2. The first kappa shape index (κ1) is 16.0. The highest BCUT2D eigenvalue weighted by Gasteiger charge is 2.31. The molecule has 1 fully saturated rings. The highest BCUT2D eigenvalue weighted by Crippen LogP contribution is 2.31. The molecule has 3 N–H and O–H groups in total. The average Bonchev–Trinajstić information content (AvgIpc) is 3.14. The molecular formula is C18H24N2O3. The fraction of sp³-hybridized carbons (Fsp3) is 0.556. The van der Waals surface area contributed by atoms with E-state index in [9.17, 15) is 14.7 Å². The zero-order valence-corrected chi connectivity index (χ0v) is 13.3. The van der Waals surface area contributed by atoms with Crippen molar-refractivity contribution in [1.82, 2.24) is 10.6 Å². The van der Waals surface area contributed by atoms with Gasteiger partial charge in [-0.3, -0.25) is 9.59 Å². The average molecular weight is 316 g/mol. The number of carbonyl (C=O) groups excluding carboxylic acids is 2. The summed E-state index contributed by atoms with van der Waals surface area (Å²) in [5.41, 5.74) is 2.05. The van der Waals surface area contributed by atoms with Crippen LogP contribution in [0, 0.1) is 0 Å². The first-order chi connectivity index (χ1) is 11.1. The van der Waals surface area contributed by atoms with E-state index in [1.165, 1.54) is 12.8 Å². The summed E-state index contributed by atoms with van der Waals surface area (Å²) in [7, 11) is 0. The Bertz CT molecular complexity index is 581. The fourth-order valence-corrected chi connectivity index (χ4v) is 3.59. The number of amides is 2. The Morgan fingerprint density at radius 3 is 2.43 bits per heavy atom. The van der Waals surface area contributed by atoms with E-state index in [2.05, 4.69) is 10.6 Å². The Hall–Kier alpha value is -1.88. The third kappa shape index (κ3) is 3.91. The summed E-state index contributed by atoms with van der Waals surface area (Å²) in [5.74, 6) is -0.244. The van der Waals surface area contributed by atoms with Crippen LogP contribution in [0.2, 0.25) is 0 Å². The Balaban J connectivity index is 1.47. The zero-order valence-electron chi connectivity index (χ0n) is 13.3. The molecule has 124 valence electrons. The third-order valence-electron chi connectivity index (χ3n) is 4.82. The van der Waals surface area contributed by atoms with Gasteiger partial charge in [0, 0.05) is 25.3 Å². The van der Waals surface area contributed by atoms with Gasteiger partial charge in [0.2, 0.25) is 11.8 Å². The van der Waals surface area contributed by atoms with Gasteiger partial charge in [-0.2, -0.15) is 0 Å². The van der Waals surface area contributed by atoms with Crippen molar-refractivity contribution in [3.63, 3.8) is 0 Å². The Kier molecular flexibility index (Phi) is 4.96. The molecule has 0 spiro atoms. The van der Waals surface area contributed by atoms with Gasteiger partial charge in [0.05, 0.1) is 12.1 Å². The molecule has 0 aromatic heterocycles. The second kappa shape index (κ2) is 7.13. The van der Waals surface area contributed by atoms with E-state index < -0.39 is 6.10 Å². The summed E-state index contributed by atoms with van der Waals surface area (Å²) in [6, 6.07) is 7.67. The van der Waals surface area contributed by atoms with Crippen LogP contribution in [0.4, 0.5) is 0 Å². The number of benzene rings is 1. The standard InChI is InChI=1S/C18H24N2O3/c21-15-11-12-5-1-4-8-14(12)18(15)20-17(23)10-9-16(22)19-13-6-2-3-7-13/h1,4-5,8,13,15,18,21H,2-3,6-7,9-11H2,(H,19,22)(H,20,23). The monoisotopic (exact) mass is 316 g/mol. The quantitative estimate of drug-likeness (QED) is 0.772. The van der Waals surface area contributed by atoms with Gasteiger partial charge >= 0.3 is 0 Å². The first-order valence-electron chi connectivity index (χ1n) is 8.48. The van der Waals surface area contributed by atoms with Crippen molar-refractivity contribution >= 4 is 11.8 Å².